The Kier molecular flexibility index (Phi) is 7.09. The summed E-state index contributed by atoms with van der Waals surface area (Å²) in [6, 6.07) is 0. The maximum atomic E-state index is 6.08. The van der Waals surface area contributed by atoms with Gasteiger partial charge in [-0.1, -0.05) is 32.1 Å². The molecule has 1 rings (SSSR count). The molecule has 1 fully saturated rings. The van der Waals surface area contributed by atoms with Gasteiger partial charge >= 0.3 is 0 Å². The molecule has 0 aliphatic heterocycles. The summed E-state index contributed by atoms with van der Waals surface area (Å²) in [5, 5.41) is 0. The van der Waals surface area contributed by atoms with E-state index in [9.17, 15) is 0 Å². The third-order valence-electron chi connectivity index (χ3n) is 4.25. The maximum Gasteiger partial charge on any atom is 0.0593 e. The summed E-state index contributed by atoms with van der Waals surface area (Å²) in [5.41, 5.74) is 6.32. The predicted octanol–water partition coefficient (Wildman–Crippen LogP) is 2.40. The van der Waals surface area contributed by atoms with E-state index < -0.39 is 0 Å². The van der Waals surface area contributed by atoms with E-state index in [1.807, 2.05) is 0 Å². The molecule has 0 saturated heterocycles. The van der Waals surface area contributed by atoms with E-state index in [0.717, 1.165) is 26.3 Å². The first-order valence-electron chi connectivity index (χ1n) is 7.24. The highest BCUT2D eigenvalue weighted by molar-refractivity contribution is 4.91. The third kappa shape index (κ3) is 4.57. The molecule has 0 amide bonds. The van der Waals surface area contributed by atoms with E-state index in [1.165, 1.54) is 44.9 Å². The van der Waals surface area contributed by atoms with Crippen molar-refractivity contribution in [2.75, 3.05) is 33.4 Å². The van der Waals surface area contributed by atoms with Crippen molar-refractivity contribution < 1.29 is 4.74 Å². The smallest absolute Gasteiger partial charge is 0.0593 e. The standard InChI is InChI=1S/C14H30N2O/c1-3-17-12-11-16(2)14(13-15)9-7-5-4-6-8-10-14/h3-13,15H2,1-2H3. The number of nitrogens with zero attached hydrogens (tertiary/aromatic N) is 1. The van der Waals surface area contributed by atoms with E-state index in [4.69, 9.17) is 10.5 Å². The number of hydrogen-bond donors (Lipinski definition) is 1. The van der Waals surface area contributed by atoms with Crippen LogP contribution in [0.5, 0.6) is 0 Å². The molecule has 0 heterocycles. The van der Waals surface area contributed by atoms with Gasteiger partial charge in [0.05, 0.1) is 6.61 Å². The van der Waals surface area contributed by atoms with Crippen LogP contribution < -0.4 is 5.73 Å². The summed E-state index contributed by atoms with van der Waals surface area (Å²) >= 11 is 0. The zero-order chi connectivity index (χ0) is 12.6. The SMILES string of the molecule is CCOCCN(C)C1(CN)CCCCCCC1. The molecule has 1 aliphatic rings. The minimum absolute atomic E-state index is 0.234. The quantitative estimate of drug-likeness (QED) is 0.727. The molecule has 0 unspecified atom stereocenters. The Hall–Kier alpha value is -0.120. The van der Waals surface area contributed by atoms with Gasteiger partial charge in [-0.2, -0.15) is 0 Å². The summed E-state index contributed by atoms with van der Waals surface area (Å²) in [6.07, 6.45) is 9.33. The zero-order valence-corrected chi connectivity index (χ0v) is 11.7. The van der Waals surface area contributed by atoms with E-state index in [2.05, 4.69) is 18.9 Å². The lowest BCUT2D eigenvalue weighted by atomic mass is 9.82. The third-order valence-corrected chi connectivity index (χ3v) is 4.25. The van der Waals surface area contributed by atoms with Crippen LogP contribution in [0.25, 0.3) is 0 Å². The first kappa shape index (κ1) is 14.9. The van der Waals surface area contributed by atoms with Gasteiger partial charge < -0.3 is 10.5 Å². The number of hydrogen-bond acceptors (Lipinski definition) is 3. The number of rotatable bonds is 6. The fourth-order valence-corrected chi connectivity index (χ4v) is 2.89. The molecule has 0 aromatic carbocycles. The van der Waals surface area contributed by atoms with Crippen molar-refractivity contribution in [2.45, 2.75) is 57.4 Å². The minimum Gasteiger partial charge on any atom is -0.380 e. The summed E-state index contributed by atoms with van der Waals surface area (Å²) in [5.74, 6) is 0. The van der Waals surface area contributed by atoms with E-state index in [0.29, 0.717) is 0 Å². The van der Waals surface area contributed by atoms with Gasteiger partial charge in [0, 0.05) is 25.2 Å². The van der Waals surface area contributed by atoms with Crippen LogP contribution in [-0.2, 0) is 4.74 Å². The second-order valence-electron chi connectivity index (χ2n) is 5.31. The highest BCUT2D eigenvalue weighted by Gasteiger charge is 2.32. The fraction of sp³-hybridized carbons (Fsp3) is 1.00. The molecule has 17 heavy (non-hydrogen) atoms. The first-order chi connectivity index (χ1) is 8.25. The Morgan fingerprint density at radius 2 is 1.71 bits per heavy atom. The zero-order valence-electron chi connectivity index (χ0n) is 11.7. The average molecular weight is 242 g/mol. The second kappa shape index (κ2) is 8.06. The normalized spacial score (nSPS) is 21.2. The molecule has 1 aliphatic carbocycles. The molecule has 0 bridgehead atoms. The van der Waals surface area contributed by atoms with Crippen LogP contribution in [0.3, 0.4) is 0 Å². The largest absolute Gasteiger partial charge is 0.380 e. The van der Waals surface area contributed by atoms with E-state index in [1.54, 1.807) is 0 Å². The molecule has 3 nitrogen and oxygen atoms in total. The molecule has 2 N–H and O–H groups in total. The maximum absolute atomic E-state index is 6.08. The molecule has 3 heteroatoms. The number of likely N-dealkylation sites (N-methyl/N-ethyl adjacent to an activating group) is 1. The molecule has 102 valence electrons. The lowest BCUT2D eigenvalue weighted by molar-refractivity contribution is 0.0517. The molecular weight excluding hydrogens is 212 g/mol. The molecule has 0 spiro atoms. The highest BCUT2D eigenvalue weighted by atomic mass is 16.5. The predicted molar refractivity (Wildman–Crippen MR) is 73.2 cm³/mol. The van der Waals surface area contributed by atoms with Gasteiger partial charge in [-0.3, -0.25) is 4.90 Å². The molecular formula is C14H30N2O. The Labute approximate surface area is 107 Å². The van der Waals surface area contributed by atoms with Crippen LogP contribution >= 0.6 is 0 Å². The Morgan fingerprint density at radius 3 is 2.24 bits per heavy atom. The first-order valence-corrected chi connectivity index (χ1v) is 7.24. The topological polar surface area (TPSA) is 38.5 Å². The Balaban J connectivity index is 2.50. The lowest BCUT2D eigenvalue weighted by Gasteiger charge is -2.42. The van der Waals surface area contributed by atoms with E-state index >= 15 is 0 Å². The Morgan fingerprint density at radius 1 is 1.12 bits per heavy atom. The molecule has 0 radical (unpaired) electrons. The van der Waals surface area contributed by atoms with Crippen molar-refractivity contribution in [3.63, 3.8) is 0 Å². The summed E-state index contributed by atoms with van der Waals surface area (Å²) < 4.78 is 5.46. The van der Waals surface area contributed by atoms with Crippen molar-refractivity contribution in [2.24, 2.45) is 5.73 Å². The minimum atomic E-state index is 0.234. The van der Waals surface area contributed by atoms with Gasteiger partial charge in [0.15, 0.2) is 0 Å². The monoisotopic (exact) mass is 242 g/mol. The highest BCUT2D eigenvalue weighted by Crippen LogP contribution is 2.30. The van der Waals surface area contributed by atoms with Crippen molar-refractivity contribution in [1.29, 1.82) is 0 Å². The Bertz CT molecular complexity index is 189. The average Bonchev–Trinajstić information content (AvgIpc) is 2.30. The van der Waals surface area contributed by atoms with Crippen molar-refractivity contribution in [3.8, 4) is 0 Å². The fourth-order valence-electron chi connectivity index (χ4n) is 2.89. The van der Waals surface area contributed by atoms with Crippen LogP contribution in [0.4, 0.5) is 0 Å². The molecule has 0 aromatic rings. The van der Waals surface area contributed by atoms with Crippen LogP contribution in [0.1, 0.15) is 51.9 Å². The molecule has 0 atom stereocenters. The van der Waals surface area contributed by atoms with Crippen LogP contribution in [-0.4, -0.2) is 43.8 Å². The summed E-state index contributed by atoms with van der Waals surface area (Å²) in [6.45, 7) is 5.48. The van der Waals surface area contributed by atoms with Crippen LogP contribution in [0, 0.1) is 0 Å². The van der Waals surface area contributed by atoms with Gasteiger partial charge in [0.1, 0.15) is 0 Å². The van der Waals surface area contributed by atoms with Crippen molar-refractivity contribution >= 4 is 0 Å². The summed E-state index contributed by atoms with van der Waals surface area (Å²) in [7, 11) is 2.22. The van der Waals surface area contributed by atoms with Gasteiger partial charge in [-0.25, -0.2) is 0 Å². The second-order valence-corrected chi connectivity index (χ2v) is 5.31. The van der Waals surface area contributed by atoms with Gasteiger partial charge in [-0.05, 0) is 26.8 Å². The number of nitrogens with two attached hydrogens (primary N) is 1. The number of ether oxygens (including phenoxy) is 1. The van der Waals surface area contributed by atoms with Gasteiger partial charge in [-0.15, -0.1) is 0 Å². The van der Waals surface area contributed by atoms with Crippen molar-refractivity contribution in [1.82, 2.24) is 4.90 Å². The van der Waals surface area contributed by atoms with Gasteiger partial charge in [0.25, 0.3) is 0 Å². The van der Waals surface area contributed by atoms with E-state index in [-0.39, 0.29) is 5.54 Å². The van der Waals surface area contributed by atoms with Crippen molar-refractivity contribution in [3.05, 3.63) is 0 Å². The molecule has 1 saturated carbocycles. The van der Waals surface area contributed by atoms with Crippen LogP contribution in [0.15, 0.2) is 0 Å². The van der Waals surface area contributed by atoms with Crippen LogP contribution in [0.2, 0.25) is 0 Å². The lowest BCUT2D eigenvalue weighted by Crippen LogP contribution is -2.53. The molecule has 0 aromatic heterocycles. The summed E-state index contributed by atoms with van der Waals surface area (Å²) in [4.78, 5) is 2.45. The van der Waals surface area contributed by atoms with Gasteiger partial charge in [0.2, 0.25) is 0 Å².